The zero-order valence-corrected chi connectivity index (χ0v) is 14.6. The summed E-state index contributed by atoms with van der Waals surface area (Å²) >= 11 is 0. The summed E-state index contributed by atoms with van der Waals surface area (Å²) < 4.78 is 7.54. The SMILES string of the molecule is Cc1cc(C)n(C[C@H]2CCCN2Cc2nc(-c3ccccn3)no2)n1. The Balaban J connectivity index is 1.45. The van der Waals surface area contributed by atoms with Crippen molar-refractivity contribution >= 4 is 0 Å². The normalized spacial score (nSPS) is 18.1. The average Bonchev–Trinajstić information content (AvgIpc) is 3.32. The Labute approximate surface area is 146 Å². The van der Waals surface area contributed by atoms with Crippen LogP contribution in [0.4, 0.5) is 0 Å². The Kier molecular flexibility index (Phi) is 4.31. The number of likely N-dealkylation sites (tertiary alicyclic amines) is 1. The molecule has 0 radical (unpaired) electrons. The van der Waals surface area contributed by atoms with Crippen LogP contribution >= 0.6 is 0 Å². The molecule has 0 aromatic carbocycles. The van der Waals surface area contributed by atoms with Gasteiger partial charge in [-0.3, -0.25) is 14.6 Å². The smallest absolute Gasteiger partial charge is 0.241 e. The molecular weight excluding hydrogens is 316 g/mol. The quantitative estimate of drug-likeness (QED) is 0.712. The van der Waals surface area contributed by atoms with Crippen LogP contribution < -0.4 is 0 Å². The number of rotatable bonds is 5. The summed E-state index contributed by atoms with van der Waals surface area (Å²) in [5.74, 6) is 1.19. The summed E-state index contributed by atoms with van der Waals surface area (Å²) in [6, 6.07) is 8.25. The lowest BCUT2D eigenvalue weighted by Crippen LogP contribution is -2.33. The monoisotopic (exact) mass is 338 g/mol. The van der Waals surface area contributed by atoms with Crippen LogP contribution in [-0.4, -0.2) is 42.4 Å². The van der Waals surface area contributed by atoms with E-state index in [4.69, 9.17) is 4.52 Å². The molecule has 1 saturated heterocycles. The third-order valence-corrected chi connectivity index (χ3v) is 4.69. The van der Waals surface area contributed by atoms with Crippen LogP contribution in [0.1, 0.15) is 30.1 Å². The van der Waals surface area contributed by atoms with E-state index in [9.17, 15) is 0 Å². The molecule has 0 N–H and O–H groups in total. The minimum atomic E-state index is 0.447. The lowest BCUT2D eigenvalue weighted by Gasteiger charge is -2.23. The average molecular weight is 338 g/mol. The van der Waals surface area contributed by atoms with Gasteiger partial charge in [-0.1, -0.05) is 11.2 Å². The standard InChI is InChI=1S/C18H22N6O/c1-13-10-14(2)24(21-13)11-15-6-5-9-23(15)12-17-20-18(22-25-17)16-7-3-4-8-19-16/h3-4,7-8,10,15H,5-6,9,11-12H2,1-2H3/t15-/m1/s1. The third-order valence-electron chi connectivity index (χ3n) is 4.69. The van der Waals surface area contributed by atoms with Crippen LogP contribution in [0.3, 0.4) is 0 Å². The van der Waals surface area contributed by atoms with Crippen molar-refractivity contribution in [2.24, 2.45) is 0 Å². The van der Waals surface area contributed by atoms with Crippen molar-refractivity contribution in [3.8, 4) is 11.5 Å². The molecule has 3 aromatic rings. The fourth-order valence-corrected chi connectivity index (χ4v) is 3.46. The molecule has 7 heteroatoms. The Morgan fingerprint density at radius 2 is 2.20 bits per heavy atom. The minimum Gasteiger partial charge on any atom is -0.337 e. The van der Waals surface area contributed by atoms with Gasteiger partial charge in [0.2, 0.25) is 11.7 Å². The molecule has 0 spiro atoms. The predicted molar refractivity (Wildman–Crippen MR) is 92.7 cm³/mol. The highest BCUT2D eigenvalue weighted by Crippen LogP contribution is 2.22. The molecule has 3 aromatic heterocycles. The van der Waals surface area contributed by atoms with E-state index < -0.39 is 0 Å². The molecule has 4 heterocycles. The molecule has 25 heavy (non-hydrogen) atoms. The molecule has 130 valence electrons. The van der Waals surface area contributed by atoms with Crippen LogP contribution in [0, 0.1) is 13.8 Å². The van der Waals surface area contributed by atoms with Crippen LogP contribution in [0.2, 0.25) is 0 Å². The highest BCUT2D eigenvalue weighted by Gasteiger charge is 2.27. The van der Waals surface area contributed by atoms with E-state index in [1.165, 1.54) is 18.5 Å². The van der Waals surface area contributed by atoms with Gasteiger partial charge in [0.1, 0.15) is 5.69 Å². The molecule has 4 rings (SSSR count). The molecule has 1 atom stereocenters. The first-order valence-electron chi connectivity index (χ1n) is 8.68. The summed E-state index contributed by atoms with van der Waals surface area (Å²) in [5, 5.41) is 8.65. The van der Waals surface area contributed by atoms with Crippen LogP contribution in [0.25, 0.3) is 11.5 Å². The van der Waals surface area contributed by atoms with Gasteiger partial charge >= 0.3 is 0 Å². The summed E-state index contributed by atoms with van der Waals surface area (Å²) in [4.78, 5) is 11.2. The van der Waals surface area contributed by atoms with Crippen LogP contribution in [-0.2, 0) is 13.1 Å². The van der Waals surface area contributed by atoms with Gasteiger partial charge in [0, 0.05) is 17.9 Å². The van der Waals surface area contributed by atoms with E-state index in [1.807, 2.05) is 25.1 Å². The molecule has 0 aliphatic carbocycles. The lowest BCUT2D eigenvalue weighted by atomic mass is 10.2. The van der Waals surface area contributed by atoms with E-state index in [-0.39, 0.29) is 0 Å². The maximum absolute atomic E-state index is 5.44. The van der Waals surface area contributed by atoms with Gasteiger partial charge in [-0.2, -0.15) is 10.1 Å². The van der Waals surface area contributed by atoms with E-state index in [0.717, 1.165) is 24.5 Å². The van der Waals surface area contributed by atoms with Gasteiger partial charge in [0.25, 0.3) is 0 Å². The molecule has 0 unspecified atom stereocenters. The topological polar surface area (TPSA) is 72.9 Å². The summed E-state index contributed by atoms with van der Waals surface area (Å²) in [5.41, 5.74) is 3.01. The zero-order chi connectivity index (χ0) is 17.2. The van der Waals surface area contributed by atoms with Crippen molar-refractivity contribution in [3.63, 3.8) is 0 Å². The van der Waals surface area contributed by atoms with Crippen molar-refractivity contribution in [2.75, 3.05) is 6.54 Å². The number of nitrogens with zero attached hydrogens (tertiary/aromatic N) is 6. The second-order valence-electron chi connectivity index (χ2n) is 6.60. The van der Waals surface area contributed by atoms with Crippen molar-refractivity contribution in [1.29, 1.82) is 0 Å². The van der Waals surface area contributed by atoms with Crippen molar-refractivity contribution < 1.29 is 4.52 Å². The van der Waals surface area contributed by atoms with Gasteiger partial charge in [-0.25, -0.2) is 0 Å². The summed E-state index contributed by atoms with van der Waals surface area (Å²) in [7, 11) is 0. The minimum absolute atomic E-state index is 0.447. The Morgan fingerprint density at radius 1 is 1.28 bits per heavy atom. The highest BCUT2D eigenvalue weighted by molar-refractivity contribution is 5.46. The van der Waals surface area contributed by atoms with Crippen LogP contribution in [0.15, 0.2) is 35.0 Å². The number of pyridine rings is 1. The largest absolute Gasteiger partial charge is 0.337 e. The molecule has 1 aliphatic rings. The van der Waals surface area contributed by atoms with Gasteiger partial charge in [0.15, 0.2) is 0 Å². The van der Waals surface area contributed by atoms with Gasteiger partial charge < -0.3 is 4.52 Å². The van der Waals surface area contributed by atoms with Gasteiger partial charge in [-0.05, 0) is 51.4 Å². The third kappa shape index (κ3) is 3.46. The van der Waals surface area contributed by atoms with Crippen molar-refractivity contribution in [2.45, 2.75) is 45.8 Å². The first-order valence-corrected chi connectivity index (χ1v) is 8.68. The second kappa shape index (κ2) is 6.76. The molecule has 0 saturated carbocycles. The van der Waals surface area contributed by atoms with E-state index >= 15 is 0 Å². The van der Waals surface area contributed by atoms with Crippen molar-refractivity contribution in [3.05, 3.63) is 47.7 Å². The number of hydrogen-bond acceptors (Lipinski definition) is 6. The maximum atomic E-state index is 5.44. The molecule has 0 bridgehead atoms. The predicted octanol–water partition coefficient (Wildman–Crippen LogP) is 2.61. The van der Waals surface area contributed by atoms with E-state index in [2.05, 4.69) is 42.8 Å². The van der Waals surface area contributed by atoms with Gasteiger partial charge in [-0.15, -0.1) is 0 Å². The molecule has 1 aliphatic heterocycles. The fourth-order valence-electron chi connectivity index (χ4n) is 3.46. The Morgan fingerprint density at radius 3 is 2.96 bits per heavy atom. The highest BCUT2D eigenvalue weighted by atomic mass is 16.5. The molecular formula is C18H22N6O. The molecule has 1 fully saturated rings. The Bertz CT molecular complexity index is 840. The first kappa shape index (κ1) is 16.0. The number of hydrogen-bond donors (Lipinski definition) is 0. The lowest BCUT2D eigenvalue weighted by molar-refractivity contribution is 0.191. The maximum Gasteiger partial charge on any atom is 0.241 e. The zero-order valence-electron chi connectivity index (χ0n) is 14.6. The fraction of sp³-hybridized carbons (Fsp3) is 0.444. The molecule has 7 nitrogen and oxygen atoms in total. The van der Waals surface area contributed by atoms with Gasteiger partial charge in [0.05, 0.1) is 18.8 Å². The first-order chi connectivity index (χ1) is 12.2. The second-order valence-corrected chi connectivity index (χ2v) is 6.60. The number of aromatic nitrogens is 5. The Hall–Kier alpha value is -2.54. The molecule has 0 amide bonds. The summed E-state index contributed by atoms with van der Waals surface area (Å²) in [6.07, 6.45) is 4.08. The van der Waals surface area contributed by atoms with E-state index in [0.29, 0.717) is 24.3 Å². The summed E-state index contributed by atoms with van der Waals surface area (Å²) in [6.45, 7) is 6.76. The van der Waals surface area contributed by atoms with Crippen molar-refractivity contribution in [1.82, 2.24) is 29.8 Å². The van der Waals surface area contributed by atoms with E-state index in [1.54, 1.807) is 6.20 Å². The van der Waals surface area contributed by atoms with Crippen LogP contribution in [0.5, 0.6) is 0 Å². The number of aryl methyl sites for hydroxylation is 2.